The zero-order chi connectivity index (χ0) is 14.5. The molecule has 1 aromatic carbocycles. The largest absolute Gasteiger partial charge is 0.481 e. The van der Waals surface area contributed by atoms with Gasteiger partial charge in [-0.15, -0.1) is 0 Å². The van der Waals surface area contributed by atoms with Gasteiger partial charge in [-0.1, -0.05) is 36.8 Å². The van der Waals surface area contributed by atoms with E-state index in [1.54, 1.807) is 0 Å². The van der Waals surface area contributed by atoms with Crippen molar-refractivity contribution in [3.63, 3.8) is 0 Å². The first-order chi connectivity index (χ1) is 9.60. The highest BCUT2D eigenvalue weighted by Crippen LogP contribution is 2.22. The van der Waals surface area contributed by atoms with Crippen LogP contribution >= 0.6 is 0 Å². The summed E-state index contributed by atoms with van der Waals surface area (Å²) in [5.74, 6) is -0.765. The number of benzene rings is 1. The van der Waals surface area contributed by atoms with Gasteiger partial charge in [0.25, 0.3) is 0 Å². The number of carbonyl (C=O) groups is 1. The molecule has 20 heavy (non-hydrogen) atoms. The molecule has 0 radical (unpaired) electrons. The van der Waals surface area contributed by atoms with E-state index < -0.39 is 5.97 Å². The molecule has 0 aromatic heterocycles. The summed E-state index contributed by atoms with van der Waals surface area (Å²) in [6.07, 6.45) is 3.76. The molecule has 1 atom stereocenters. The predicted octanol–water partition coefficient (Wildman–Crippen LogP) is 3.11. The molecular formula is C17H25NO2. The molecule has 1 aliphatic heterocycles. The number of aliphatic carboxylic acids is 1. The van der Waals surface area contributed by atoms with Gasteiger partial charge >= 0.3 is 5.97 Å². The first-order valence-corrected chi connectivity index (χ1v) is 7.62. The molecule has 0 amide bonds. The number of hydrogen-bond donors (Lipinski definition) is 1. The Bertz CT molecular complexity index is 450. The molecule has 0 aliphatic carbocycles. The van der Waals surface area contributed by atoms with Gasteiger partial charge in [-0.25, -0.2) is 0 Å². The van der Waals surface area contributed by atoms with Crippen LogP contribution in [0.1, 0.15) is 37.3 Å². The van der Waals surface area contributed by atoms with Crippen LogP contribution in [0.3, 0.4) is 0 Å². The molecule has 110 valence electrons. The van der Waals surface area contributed by atoms with E-state index >= 15 is 0 Å². The summed E-state index contributed by atoms with van der Waals surface area (Å²) in [5, 5.41) is 9.07. The van der Waals surface area contributed by atoms with Crippen molar-refractivity contribution < 1.29 is 9.90 Å². The number of carboxylic acid groups (broad SMARTS) is 1. The van der Waals surface area contributed by atoms with Gasteiger partial charge in [-0.3, -0.25) is 4.79 Å². The Kier molecular flexibility index (Phi) is 5.18. The fourth-order valence-corrected chi connectivity index (χ4v) is 3.15. The smallest absolute Gasteiger partial charge is 0.306 e. The highest BCUT2D eigenvalue weighted by atomic mass is 16.4. The maximum absolute atomic E-state index is 11.0. The molecule has 1 N–H and O–H groups in total. The fourth-order valence-electron chi connectivity index (χ4n) is 3.15. The number of rotatable bonds is 5. The third kappa shape index (κ3) is 3.83. The van der Waals surface area contributed by atoms with Gasteiger partial charge in [0.1, 0.15) is 0 Å². The lowest BCUT2D eigenvalue weighted by molar-refractivity contribution is -0.143. The third-order valence-corrected chi connectivity index (χ3v) is 4.42. The van der Waals surface area contributed by atoms with E-state index in [-0.39, 0.29) is 5.92 Å². The monoisotopic (exact) mass is 275 g/mol. The minimum atomic E-state index is -0.628. The van der Waals surface area contributed by atoms with Crippen LogP contribution in [0.2, 0.25) is 0 Å². The van der Waals surface area contributed by atoms with Crippen molar-refractivity contribution >= 4 is 5.97 Å². The maximum atomic E-state index is 11.0. The number of piperidine rings is 1. The van der Waals surface area contributed by atoms with Gasteiger partial charge in [0.05, 0.1) is 5.92 Å². The van der Waals surface area contributed by atoms with Crippen molar-refractivity contribution in [2.24, 2.45) is 5.92 Å². The van der Waals surface area contributed by atoms with Gasteiger partial charge in [-0.05, 0) is 51.3 Å². The molecule has 1 aliphatic rings. The molecule has 3 nitrogen and oxygen atoms in total. The van der Waals surface area contributed by atoms with Gasteiger partial charge in [0.15, 0.2) is 0 Å². The van der Waals surface area contributed by atoms with Crippen molar-refractivity contribution in [3.05, 3.63) is 35.4 Å². The lowest BCUT2D eigenvalue weighted by atomic mass is 9.93. The number of nitrogens with zero attached hydrogens (tertiary/aromatic N) is 1. The second-order valence-electron chi connectivity index (χ2n) is 5.90. The first kappa shape index (κ1) is 15.0. The Balaban J connectivity index is 1.94. The zero-order valence-corrected chi connectivity index (χ0v) is 12.5. The van der Waals surface area contributed by atoms with Crippen LogP contribution in [0.5, 0.6) is 0 Å². The summed E-state index contributed by atoms with van der Waals surface area (Å²) < 4.78 is 0. The van der Waals surface area contributed by atoms with E-state index in [9.17, 15) is 4.79 Å². The normalized spacial score (nSPS) is 18.9. The summed E-state index contributed by atoms with van der Waals surface area (Å²) in [6, 6.07) is 9.23. The van der Waals surface area contributed by atoms with E-state index in [1.807, 2.05) is 0 Å². The van der Waals surface area contributed by atoms with E-state index in [0.29, 0.717) is 6.04 Å². The van der Waals surface area contributed by atoms with Crippen LogP contribution in [-0.2, 0) is 11.2 Å². The van der Waals surface area contributed by atoms with Crippen molar-refractivity contribution in [1.29, 1.82) is 0 Å². The lowest BCUT2D eigenvalue weighted by Crippen LogP contribution is -2.43. The van der Waals surface area contributed by atoms with Crippen LogP contribution in [-0.4, -0.2) is 35.1 Å². The van der Waals surface area contributed by atoms with Crippen molar-refractivity contribution in [1.82, 2.24) is 4.90 Å². The van der Waals surface area contributed by atoms with Gasteiger partial charge in [0, 0.05) is 6.04 Å². The Labute approximate surface area is 121 Å². The second-order valence-corrected chi connectivity index (χ2v) is 5.90. The number of hydrogen-bond acceptors (Lipinski definition) is 2. The molecule has 1 unspecified atom stereocenters. The Hall–Kier alpha value is -1.35. The van der Waals surface area contributed by atoms with Crippen LogP contribution in [0, 0.1) is 12.8 Å². The molecule has 1 heterocycles. The molecule has 1 fully saturated rings. The van der Waals surface area contributed by atoms with E-state index in [4.69, 9.17) is 5.11 Å². The molecule has 0 spiro atoms. The molecule has 2 rings (SSSR count). The molecule has 0 bridgehead atoms. The quantitative estimate of drug-likeness (QED) is 0.897. The van der Waals surface area contributed by atoms with Crippen LogP contribution in [0.4, 0.5) is 0 Å². The molecule has 1 saturated heterocycles. The summed E-state index contributed by atoms with van der Waals surface area (Å²) >= 11 is 0. The van der Waals surface area contributed by atoms with Gasteiger partial charge < -0.3 is 10.0 Å². The van der Waals surface area contributed by atoms with E-state index in [2.05, 4.69) is 43.0 Å². The summed E-state index contributed by atoms with van der Waals surface area (Å²) in [5.41, 5.74) is 2.69. The lowest BCUT2D eigenvalue weighted by Gasteiger charge is -2.36. The highest BCUT2D eigenvalue weighted by Gasteiger charge is 2.27. The second kappa shape index (κ2) is 6.89. The SMILES string of the molecule is CCC(Cc1cccc(C)c1)N1CCC(C(=O)O)CC1. The first-order valence-electron chi connectivity index (χ1n) is 7.62. The fraction of sp³-hybridized carbons (Fsp3) is 0.588. The summed E-state index contributed by atoms with van der Waals surface area (Å²) in [6.45, 7) is 6.19. The van der Waals surface area contributed by atoms with Crippen LogP contribution in [0.25, 0.3) is 0 Å². The third-order valence-electron chi connectivity index (χ3n) is 4.42. The standard InChI is InChI=1S/C17H25NO2/c1-3-16(12-14-6-4-5-13(2)11-14)18-9-7-15(8-10-18)17(19)20/h4-6,11,15-16H,3,7-10,12H2,1-2H3,(H,19,20). The maximum Gasteiger partial charge on any atom is 0.306 e. The molecular weight excluding hydrogens is 250 g/mol. The van der Waals surface area contributed by atoms with E-state index in [1.165, 1.54) is 11.1 Å². The number of aryl methyl sites for hydroxylation is 1. The van der Waals surface area contributed by atoms with Gasteiger partial charge in [0.2, 0.25) is 0 Å². The average molecular weight is 275 g/mol. The van der Waals surface area contributed by atoms with E-state index in [0.717, 1.165) is 38.8 Å². The molecule has 3 heteroatoms. The Morgan fingerprint density at radius 2 is 2.10 bits per heavy atom. The Morgan fingerprint density at radius 1 is 1.40 bits per heavy atom. The Morgan fingerprint density at radius 3 is 2.65 bits per heavy atom. The van der Waals surface area contributed by atoms with Crippen molar-refractivity contribution in [3.8, 4) is 0 Å². The topological polar surface area (TPSA) is 40.5 Å². The number of carboxylic acids is 1. The molecule has 0 saturated carbocycles. The number of likely N-dealkylation sites (tertiary alicyclic amines) is 1. The van der Waals surface area contributed by atoms with Crippen molar-refractivity contribution in [2.45, 2.75) is 45.6 Å². The average Bonchev–Trinajstić information content (AvgIpc) is 2.45. The summed E-state index contributed by atoms with van der Waals surface area (Å²) in [4.78, 5) is 13.5. The minimum Gasteiger partial charge on any atom is -0.481 e. The summed E-state index contributed by atoms with van der Waals surface area (Å²) in [7, 11) is 0. The van der Waals surface area contributed by atoms with Crippen LogP contribution < -0.4 is 0 Å². The van der Waals surface area contributed by atoms with Gasteiger partial charge in [-0.2, -0.15) is 0 Å². The van der Waals surface area contributed by atoms with Crippen molar-refractivity contribution in [2.75, 3.05) is 13.1 Å². The zero-order valence-electron chi connectivity index (χ0n) is 12.5. The van der Waals surface area contributed by atoms with Crippen LogP contribution in [0.15, 0.2) is 24.3 Å². The predicted molar refractivity (Wildman–Crippen MR) is 80.9 cm³/mol. The highest BCUT2D eigenvalue weighted by molar-refractivity contribution is 5.70. The minimum absolute atomic E-state index is 0.136. The molecule has 1 aromatic rings.